The number of aliphatic imine (C=N–C) groups is 1. The van der Waals surface area contributed by atoms with E-state index in [-0.39, 0.29) is 22.8 Å². The van der Waals surface area contributed by atoms with Gasteiger partial charge in [-0.1, -0.05) is 24.3 Å². The van der Waals surface area contributed by atoms with E-state index < -0.39 is 29.8 Å². The molecule has 0 saturated carbocycles. The number of carbonyl (C=O) groups is 1. The highest BCUT2D eigenvalue weighted by atomic mass is 19.4. The number of halogens is 5. The van der Waals surface area contributed by atoms with Gasteiger partial charge in [-0.15, -0.1) is 0 Å². The molecule has 1 unspecified atom stereocenters. The first-order valence-corrected chi connectivity index (χ1v) is 7.92. The first kappa shape index (κ1) is 19.6. The van der Waals surface area contributed by atoms with Gasteiger partial charge in [-0.25, -0.2) is 4.99 Å². The summed E-state index contributed by atoms with van der Waals surface area (Å²) in [6.45, 7) is -3.05. The van der Waals surface area contributed by atoms with Crippen molar-refractivity contribution in [3.8, 4) is 5.75 Å². The number of nitrogens with two attached hydrogens (primary N) is 1. The summed E-state index contributed by atoms with van der Waals surface area (Å²) in [6.07, 6.45) is -4.63. The highest BCUT2D eigenvalue weighted by molar-refractivity contribution is 6.08. The summed E-state index contributed by atoms with van der Waals surface area (Å²) in [5.74, 6) is -1.03. The molecule has 10 heteroatoms. The van der Waals surface area contributed by atoms with Crippen LogP contribution in [0, 0.1) is 0 Å². The second-order valence-electron chi connectivity index (χ2n) is 6.03. The molecule has 148 valence electrons. The summed E-state index contributed by atoms with van der Waals surface area (Å²) < 4.78 is 68.5. The van der Waals surface area contributed by atoms with Crippen molar-refractivity contribution in [2.45, 2.75) is 18.3 Å². The van der Waals surface area contributed by atoms with Gasteiger partial charge in [0.05, 0.1) is 5.56 Å². The highest BCUT2D eigenvalue weighted by Crippen LogP contribution is 2.41. The maximum atomic E-state index is 13.2. The molecular weight excluding hydrogens is 385 g/mol. The van der Waals surface area contributed by atoms with Crippen LogP contribution in [0.5, 0.6) is 5.75 Å². The van der Waals surface area contributed by atoms with E-state index in [0.717, 1.165) is 23.1 Å². The molecule has 1 amide bonds. The number of hydrogen-bond donors (Lipinski definition) is 1. The zero-order valence-corrected chi connectivity index (χ0v) is 14.4. The van der Waals surface area contributed by atoms with E-state index in [9.17, 15) is 26.7 Å². The predicted molar refractivity (Wildman–Crippen MR) is 89.7 cm³/mol. The van der Waals surface area contributed by atoms with Crippen LogP contribution in [0.2, 0.25) is 0 Å². The molecular formula is C18H14F5N3O2. The molecule has 1 aliphatic rings. The van der Waals surface area contributed by atoms with Gasteiger partial charge in [-0.05, 0) is 35.4 Å². The fourth-order valence-corrected chi connectivity index (χ4v) is 2.98. The van der Waals surface area contributed by atoms with Crippen LogP contribution in [0.25, 0.3) is 0 Å². The maximum Gasteiger partial charge on any atom is 0.416 e. The lowest BCUT2D eigenvalue weighted by atomic mass is 9.82. The molecule has 2 N–H and O–H groups in total. The largest absolute Gasteiger partial charge is 0.435 e. The van der Waals surface area contributed by atoms with Gasteiger partial charge >= 0.3 is 12.8 Å². The smallest absolute Gasteiger partial charge is 0.416 e. The van der Waals surface area contributed by atoms with E-state index in [1.807, 2.05) is 0 Å². The van der Waals surface area contributed by atoms with Crippen LogP contribution in [-0.4, -0.2) is 30.4 Å². The number of hydrogen-bond acceptors (Lipinski definition) is 4. The Morgan fingerprint density at radius 3 is 2.25 bits per heavy atom. The average molecular weight is 399 g/mol. The zero-order valence-electron chi connectivity index (χ0n) is 14.4. The molecule has 28 heavy (non-hydrogen) atoms. The molecule has 0 spiro atoms. The van der Waals surface area contributed by atoms with Crippen molar-refractivity contribution in [1.82, 2.24) is 4.90 Å². The van der Waals surface area contributed by atoms with Crippen molar-refractivity contribution >= 4 is 11.9 Å². The topological polar surface area (TPSA) is 67.9 Å². The number of ether oxygens (including phenoxy) is 1. The molecule has 2 aromatic carbocycles. The minimum absolute atomic E-state index is 0.0536. The Morgan fingerprint density at radius 1 is 1.11 bits per heavy atom. The Balaban J connectivity index is 2.18. The number of likely N-dealkylation sites (N-methyl/N-ethyl adjacent to an activating group) is 1. The Labute approximate surface area is 156 Å². The quantitative estimate of drug-likeness (QED) is 0.802. The molecule has 1 aliphatic heterocycles. The molecule has 0 aromatic heterocycles. The minimum atomic E-state index is -4.63. The molecule has 3 rings (SSSR count). The lowest BCUT2D eigenvalue weighted by Crippen LogP contribution is -2.41. The van der Waals surface area contributed by atoms with Crippen LogP contribution < -0.4 is 10.5 Å². The van der Waals surface area contributed by atoms with Crippen LogP contribution in [0.1, 0.15) is 16.7 Å². The third-order valence-corrected chi connectivity index (χ3v) is 4.34. The molecule has 0 radical (unpaired) electrons. The number of amides is 1. The molecule has 1 heterocycles. The van der Waals surface area contributed by atoms with Gasteiger partial charge in [0.25, 0.3) is 5.91 Å². The second kappa shape index (κ2) is 6.77. The first-order chi connectivity index (χ1) is 13.1. The molecule has 1 atom stereocenters. The van der Waals surface area contributed by atoms with Gasteiger partial charge in [0, 0.05) is 7.05 Å². The van der Waals surface area contributed by atoms with Crippen LogP contribution in [0.3, 0.4) is 0 Å². The number of nitrogens with zero attached hydrogens (tertiary/aromatic N) is 2. The SMILES string of the molecule is CN1C(=O)C(c2ccc(OC(F)F)cc2)(c2cccc(C(F)(F)F)c2)N=C1N. The first-order valence-electron chi connectivity index (χ1n) is 7.92. The lowest BCUT2D eigenvalue weighted by Gasteiger charge is -2.27. The van der Waals surface area contributed by atoms with Gasteiger partial charge < -0.3 is 10.5 Å². The van der Waals surface area contributed by atoms with E-state index in [4.69, 9.17) is 5.73 Å². The molecule has 0 fully saturated rings. The van der Waals surface area contributed by atoms with Crippen LogP contribution in [0.4, 0.5) is 22.0 Å². The number of benzene rings is 2. The van der Waals surface area contributed by atoms with Gasteiger partial charge in [-0.2, -0.15) is 22.0 Å². The molecule has 0 aliphatic carbocycles. The summed E-state index contributed by atoms with van der Waals surface area (Å²) in [4.78, 5) is 18.1. The van der Waals surface area contributed by atoms with Crippen molar-refractivity contribution in [1.29, 1.82) is 0 Å². The standard InChI is InChI=1S/C18H14F5N3O2/c1-26-14(27)17(25-16(26)24,10-5-7-13(8-6-10)28-15(19)20)11-3-2-4-12(9-11)18(21,22)23/h2-9,15H,1H3,(H2,24,25). The molecule has 0 bridgehead atoms. The van der Waals surface area contributed by atoms with Gasteiger partial charge in [-0.3, -0.25) is 9.69 Å². The second-order valence-corrected chi connectivity index (χ2v) is 6.03. The van der Waals surface area contributed by atoms with E-state index in [2.05, 4.69) is 9.73 Å². The summed E-state index contributed by atoms with van der Waals surface area (Å²) in [6, 6.07) is 9.09. The Hall–Kier alpha value is -3.17. The van der Waals surface area contributed by atoms with E-state index >= 15 is 0 Å². The summed E-state index contributed by atoms with van der Waals surface area (Å²) in [5.41, 5.74) is 3.02. The lowest BCUT2D eigenvalue weighted by molar-refractivity contribution is -0.138. The highest BCUT2D eigenvalue weighted by Gasteiger charge is 2.50. The van der Waals surface area contributed by atoms with Crippen molar-refractivity contribution in [2.24, 2.45) is 10.7 Å². The molecule has 5 nitrogen and oxygen atoms in total. The number of alkyl halides is 5. The third-order valence-electron chi connectivity index (χ3n) is 4.34. The van der Waals surface area contributed by atoms with Crippen molar-refractivity contribution in [2.75, 3.05) is 7.05 Å². The van der Waals surface area contributed by atoms with Gasteiger partial charge in [0.15, 0.2) is 11.5 Å². The summed E-state index contributed by atoms with van der Waals surface area (Å²) >= 11 is 0. The van der Waals surface area contributed by atoms with Gasteiger partial charge in [0.1, 0.15) is 5.75 Å². The fourth-order valence-electron chi connectivity index (χ4n) is 2.98. The molecule has 0 saturated heterocycles. The van der Waals surface area contributed by atoms with Crippen LogP contribution >= 0.6 is 0 Å². The van der Waals surface area contributed by atoms with Crippen molar-refractivity contribution in [3.05, 3.63) is 65.2 Å². The monoisotopic (exact) mass is 399 g/mol. The predicted octanol–water partition coefficient (Wildman–Crippen LogP) is 3.34. The van der Waals surface area contributed by atoms with E-state index in [1.54, 1.807) is 0 Å². The Bertz CT molecular complexity index is 928. The number of carbonyl (C=O) groups excluding carboxylic acids is 1. The van der Waals surface area contributed by atoms with Crippen molar-refractivity contribution < 1.29 is 31.5 Å². The average Bonchev–Trinajstić information content (AvgIpc) is 2.86. The Morgan fingerprint density at radius 2 is 1.75 bits per heavy atom. The minimum Gasteiger partial charge on any atom is -0.435 e. The Kier molecular flexibility index (Phi) is 4.74. The summed E-state index contributed by atoms with van der Waals surface area (Å²) in [5, 5.41) is 0. The van der Waals surface area contributed by atoms with Crippen LogP contribution in [0.15, 0.2) is 53.5 Å². The normalized spacial score (nSPS) is 19.9. The maximum absolute atomic E-state index is 13.2. The third kappa shape index (κ3) is 3.25. The van der Waals surface area contributed by atoms with Crippen molar-refractivity contribution in [3.63, 3.8) is 0 Å². The summed E-state index contributed by atoms with van der Waals surface area (Å²) in [7, 11) is 1.34. The fraction of sp³-hybridized carbons (Fsp3) is 0.222. The number of guanidine groups is 1. The molecule has 2 aromatic rings. The zero-order chi connectivity index (χ0) is 20.7. The van der Waals surface area contributed by atoms with Crippen LogP contribution in [-0.2, 0) is 16.5 Å². The van der Waals surface area contributed by atoms with E-state index in [0.29, 0.717) is 0 Å². The van der Waals surface area contributed by atoms with E-state index in [1.165, 1.54) is 37.4 Å². The van der Waals surface area contributed by atoms with Gasteiger partial charge in [0.2, 0.25) is 0 Å². The number of rotatable bonds is 4.